The number of fused-ring (bicyclic) bond motifs is 1. The molecule has 8 heteroatoms. The summed E-state index contributed by atoms with van der Waals surface area (Å²) in [4.78, 5) is 16.8. The molecule has 4 rings (SSSR count). The highest BCUT2D eigenvalue weighted by molar-refractivity contribution is 7.91. The third-order valence-corrected chi connectivity index (χ3v) is 7.61. The number of hydrogen-bond donors (Lipinski definition) is 0. The number of rotatable bonds is 2. The number of sulfone groups is 1. The normalized spacial score (nSPS) is 22.5. The van der Waals surface area contributed by atoms with Crippen molar-refractivity contribution >= 4 is 27.1 Å². The van der Waals surface area contributed by atoms with Crippen LogP contribution in [0.1, 0.15) is 38.1 Å². The molecule has 0 radical (unpaired) electrons. The zero-order chi connectivity index (χ0) is 16.9. The number of thiophene rings is 1. The second-order valence-electron chi connectivity index (χ2n) is 6.49. The minimum absolute atomic E-state index is 0.0284. The Balaban J connectivity index is 1.67. The molecule has 1 atom stereocenters. The van der Waals surface area contributed by atoms with Gasteiger partial charge in [-0.3, -0.25) is 9.48 Å². The maximum absolute atomic E-state index is 13.0. The van der Waals surface area contributed by atoms with E-state index in [-0.39, 0.29) is 24.0 Å². The van der Waals surface area contributed by atoms with Gasteiger partial charge in [0, 0.05) is 30.2 Å². The van der Waals surface area contributed by atoms with Crippen LogP contribution in [0, 0.1) is 0 Å². The van der Waals surface area contributed by atoms with Crippen molar-refractivity contribution in [3.8, 4) is 0 Å². The van der Waals surface area contributed by atoms with Crippen molar-refractivity contribution in [3.05, 3.63) is 39.3 Å². The number of carbonyl (C=O) groups excluding carboxylic acids is 1. The molecule has 2 aromatic rings. The highest BCUT2D eigenvalue weighted by Crippen LogP contribution is 2.34. The Kier molecular flexibility index (Phi) is 3.76. The van der Waals surface area contributed by atoms with E-state index >= 15 is 0 Å². The van der Waals surface area contributed by atoms with Crippen LogP contribution in [0.5, 0.6) is 0 Å². The van der Waals surface area contributed by atoms with Gasteiger partial charge < -0.3 is 4.90 Å². The zero-order valence-electron chi connectivity index (χ0n) is 13.4. The molecule has 24 heavy (non-hydrogen) atoms. The maximum atomic E-state index is 13.0. The predicted molar refractivity (Wildman–Crippen MR) is 92.0 cm³/mol. The Labute approximate surface area is 145 Å². The highest BCUT2D eigenvalue weighted by atomic mass is 32.2. The largest absolute Gasteiger partial charge is 0.329 e. The summed E-state index contributed by atoms with van der Waals surface area (Å²) < 4.78 is 25.8. The Morgan fingerprint density at radius 1 is 1.38 bits per heavy atom. The lowest BCUT2D eigenvalue weighted by atomic mass is 10.1. The molecular weight excluding hydrogens is 346 g/mol. The quantitative estimate of drug-likeness (QED) is 0.810. The van der Waals surface area contributed by atoms with Crippen LogP contribution in [0.2, 0.25) is 0 Å². The Morgan fingerprint density at radius 2 is 2.21 bits per heavy atom. The van der Waals surface area contributed by atoms with Crippen molar-refractivity contribution in [1.82, 2.24) is 14.7 Å². The van der Waals surface area contributed by atoms with E-state index in [9.17, 15) is 13.2 Å². The van der Waals surface area contributed by atoms with Crippen LogP contribution < -0.4 is 0 Å². The van der Waals surface area contributed by atoms with Gasteiger partial charge in [-0.1, -0.05) is 0 Å². The number of nitrogens with zero attached hydrogens (tertiary/aromatic N) is 3. The molecule has 0 spiro atoms. The van der Waals surface area contributed by atoms with Gasteiger partial charge in [-0.15, -0.1) is 11.3 Å². The van der Waals surface area contributed by atoms with Gasteiger partial charge >= 0.3 is 0 Å². The van der Waals surface area contributed by atoms with Crippen molar-refractivity contribution in [3.63, 3.8) is 0 Å². The third kappa shape index (κ3) is 2.77. The van der Waals surface area contributed by atoms with Crippen LogP contribution in [0.3, 0.4) is 0 Å². The summed E-state index contributed by atoms with van der Waals surface area (Å²) in [7, 11) is -1.35. The van der Waals surface area contributed by atoms with E-state index in [0.717, 1.165) is 29.7 Å². The molecule has 6 nitrogen and oxygen atoms in total. The van der Waals surface area contributed by atoms with Gasteiger partial charge in [0.05, 0.1) is 28.6 Å². The topological polar surface area (TPSA) is 72.3 Å². The molecular formula is C16H19N3O3S2. The first kappa shape index (κ1) is 15.8. The molecule has 0 aromatic carbocycles. The number of aryl methyl sites for hydroxylation is 3. The fraction of sp³-hybridized carbons (Fsp3) is 0.500. The van der Waals surface area contributed by atoms with Crippen molar-refractivity contribution in [1.29, 1.82) is 0 Å². The SMILES string of the molecule is Cn1cc(C2CS(=O)(=O)CCN2C(=O)c2cc3c(s2)CCC3)cn1. The summed E-state index contributed by atoms with van der Waals surface area (Å²) in [6.45, 7) is 0.239. The number of amides is 1. The molecule has 1 aliphatic carbocycles. The summed E-state index contributed by atoms with van der Waals surface area (Å²) >= 11 is 1.56. The van der Waals surface area contributed by atoms with Crippen LogP contribution in [-0.2, 0) is 29.7 Å². The van der Waals surface area contributed by atoms with Crippen molar-refractivity contribution in [2.75, 3.05) is 18.1 Å². The highest BCUT2D eigenvalue weighted by Gasteiger charge is 2.37. The van der Waals surface area contributed by atoms with Gasteiger partial charge in [-0.05, 0) is 30.9 Å². The van der Waals surface area contributed by atoms with E-state index in [1.165, 1.54) is 10.4 Å². The zero-order valence-corrected chi connectivity index (χ0v) is 15.1. The molecule has 2 aliphatic rings. The molecule has 1 unspecified atom stereocenters. The molecule has 1 amide bonds. The summed E-state index contributed by atoms with van der Waals surface area (Å²) in [5.41, 5.74) is 2.06. The standard InChI is InChI=1S/C16H19N3O3S2/c1-18-9-12(8-17-18)13-10-24(21,22)6-5-19(13)16(20)15-7-11-3-2-4-14(11)23-15/h7-9,13H,2-6,10H2,1H3. The lowest BCUT2D eigenvalue weighted by Crippen LogP contribution is -2.45. The van der Waals surface area contributed by atoms with Crippen LogP contribution in [0.4, 0.5) is 0 Å². The smallest absolute Gasteiger partial charge is 0.264 e. The summed E-state index contributed by atoms with van der Waals surface area (Å²) in [5, 5.41) is 4.13. The summed E-state index contributed by atoms with van der Waals surface area (Å²) in [6, 6.07) is 1.54. The molecule has 0 saturated carbocycles. The first-order valence-electron chi connectivity index (χ1n) is 8.04. The minimum Gasteiger partial charge on any atom is -0.329 e. The first-order valence-corrected chi connectivity index (χ1v) is 10.7. The average Bonchev–Trinajstić information content (AvgIpc) is 3.20. The fourth-order valence-electron chi connectivity index (χ4n) is 3.51. The van der Waals surface area contributed by atoms with Gasteiger partial charge in [-0.25, -0.2) is 8.42 Å². The minimum atomic E-state index is -3.14. The molecule has 1 aliphatic heterocycles. The van der Waals surface area contributed by atoms with Crippen LogP contribution in [0.15, 0.2) is 18.5 Å². The number of carbonyl (C=O) groups is 1. The maximum Gasteiger partial charge on any atom is 0.264 e. The predicted octanol–water partition coefficient (Wildman–Crippen LogP) is 1.58. The van der Waals surface area contributed by atoms with E-state index in [4.69, 9.17) is 0 Å². The second-order valence-corrected chi connectivity index (χ2v) is 9.85. The average molecular weight is 365 g/mol. The van der Waals surface area contributed by atoms with Gasteiger partial charge in [-0.2, -0.15) is 5.10 Å². The summed E-state index contributed by atoms with van der Waals surface area (Å²) in [6.07, 6.45) is 6.70. The van der Waals surface area contributed by atoms with E-state index in [0.29, 0.717) is 0 Å². The van der Waals surface area contributed by atoms with E-state index in [2.05, 4.69) is 5.10 Å². The van der Waals surface area contributed by atoms with E-state index in [1.807, 2.05) is 6.07 Å². The van der Waals surface area contributed by atoms with E-state index in [1.54, 1.807) is 40.4 Å². The second kappa shape index (κ2) is 5.70. The van der Waals surface area contributed by atoms with Crippen LogP contribution in [0.25, 0.3) is 0 Å². The summed E-state index contributed by atoms with van der Waals surface area (Å²) in [5.74, 6) is -0.0611. The molecule has 3 heterocycles. The Bertz CT molecular complexity index is 876. The molecule has 128 valence electrons. The van der Waals surface area contributed by atoms with Crippen molar-refractivity contribution in [2.45, 2.75) is 25.3 Å². The van der Waals surface area contributed by atoms with Crippen LogP contribution >= 0.6 is 11.3 Å². The third-order valence-electron chi connectivity index (χ3n) is 4.76. The fourth-order valence-corrected chi connectivity index (χ4v) is 6.22. The molecule has 1 fully saturated rings. The van der Waals surface area contributed by atoms with Crippen LogP contribution in [-0.4, -0.2) is 47.1 Å². The van der Waals surface area contributed by atoms with Crippen molar-refractivity contribution in [2.24, 2.45) is 7.05 Å². The van der Waals surface area contributed by atoms with Gasteiger partial charge in [0.15, 0.2) is 9.84 Å². The molecule has 2 aromatic heterocycles. The molecule has 1 saturated heterocycles. The molecule has 0 bridgehead atoms. The molecule has 0 N–H and O–H groups in total. The van der Waals surface area contributed by atoms with E-state index < -0.39 is 15.9 Å². The Morgan fingerprint density at radius 3 is 2.92 bits per heavy atom. The van der Waals surface area contributed by atoms with Gasteiger partial charge in [0.1, 0.15) is 0 Å². The monoisotopic (exact) mass is 365 g/mol. The lowest BCUT2D eigenvalue weighted by Gasteiger charge is -2.34. The number of aromatic nitrogens is 2. The van der Waals surface area contributed by atoms with Crippen molar-refractivity contribution < 1.29 is 13.2 Å². The lowest BCUT2D eigenvalue weighted by molar-refractivity contribution is 0.0702. The Hall–Kier alpha value is -1.67. The number of hydrogen-bond acceptors (Lipinski definition) is 5. The first-order chi connectivity index (χ1) is 11.4. The van der Waals surface area contributed by atoms with Gasteiger partial charge in [0.25, 0.3) is 5.91 Å². The van der Waals surface area contributed by atoms with Gasteiger partial charge in [0.2, 0.25) is 0 Å².